The van der Waals surface area contributed by atoms with Gasteiger partial charge >= 0.3 is 5.97 Å². The third-order valence-electron chi connectivity index (χ3n) is 3.43. The average Bonchev–Trinajstić information content (AvgIpc) is 2.41. The molecule has 2 heterocycles. The van der Waals surface area contributed by atoms with Gasteiger partial charge in [0.25, 0.3) is 5.91 Å². The van der Waals surface area contributed by atoms with E-state index in [9.17, 15) is 14.7 Å². The Morgan fingerprint density at radius 2 is 2.21 bits per heavy atom. The standard InChI is InChI=1S/C13H16N2O4/c1-8-3-5-15(7-11(8)16)12(17)9-2-4-14-10(6-9)13(18)19/h2,4,6,8,11,16H,3,5,7H2,1H3,(H,18,19). The fraction of sp³-hybridized carbons (Fsp3) is 0.462. The van der Waals surface area contributed by atoms with E-state index in [4.69, 9.17) is 5.11 Å². The molecular weight excluding hydrogens is 248 g/mol. The molecule has 0 aromatic carbocycles. The van der Waals surface area contributed by atoms with Crippen LogP contribution in [0.4, 0.5) is 0 Å². The van der Waals surface area contributed by atoms with Crippen molar-refractivity contribution in [2.45, 2.75) is 19.4 Å². The molecule has 0 aliphatic carbocycles. The predicted molar refractivity (Wildman–Crippen MR) is 66.9 cm³/mol. The highest BCUT2D eigenvalue weighted by atomic mass is 16.4. The predicted octanol–water partition coefficient (Wildman–Crippen LogP) is 0.623. The topological polar surface area (TPSA) is 90.7 Å². The number of aromatic nitrogens is 1. The van der Waals surface area contributed by atoms with E-state index in [-0.39, 0.29) is 29.6 Å². The smallest absolute Gasteiger partial charge is 0.354 e. The Morgan fingerprint density at radius 3 is 2.84 bits per heavy atom. The highest BCUT2D eigenvalue weighted by Crippen LogP contribution is 2.19. The lowest BCUT2D eigenvalue weighted by Crippen LogP contribution is -2.45. The first-order chi connectivity index (χ1) is 8.99. The van der Waals surface area contributed by atoms with Gasteiger partial charge in [-0.2, -0.15) is 0 Å². The number of β-amino-alcohol motifs (C(OH)–C–C–N with tert-alkyl or cyclic N) is 1. The van der Waals surface area contributed by atoms with Crippen molar-refractivity contribution in [1.29, 1.82) is 0 Å². The Kier molecular flexibility index (Phi) is 3.80. The van der Waals surface area contributed by atoms with Crippen LogP contribution in [-0.4, -0.2) is 51.2 Å². The molecule has 0 spiro atoms. The first-order valence-electron chi connectivity index (χ1n) is 6.15. The van der Waals surface area contributed by atoms with Gasteiger partial charge in [0.1, 0.15) is 5.69 Å². The monoisotopic (exact) mass is 264 g/mol. The minimum Gasteiger partial charge on any atom is -0.477 e. The fourth-order valence-corrected chi connectivity index (χ4v) is 2.10. The molecule has 6 nitrogen and oxygen atoms in total. The van der Waals surface area contributed by atoms with E-state index >= 15 is 0 Å². The third-order valence-corrected chi connectivity index (χ3v) is 3.43. The zero-order chi connectivity index (χ0) is 14.0. The molecule has 1 fully saturated rings. The van der Waals surface area contributed by atoms with Crippen LogP contribution in [0, 0.1) is 5.92 Å². The number of rotatable bonds is 2. The number of carbonyl (C=O) groups is 2. The number of carboxylic acid groups (broad SMARTS) is 1. The maximum atomic E-state index is 12.2. The maximum absolute atomic E-state index is 12.2. The molecule has 2 unspecified atom stereocenters. The van der Waals surface area contributed by atoms with E-state index in [0.29, 0.717) is 6.54 Å². The lowest BCUT2D eigenvalue weighted by Gasteiger charge is -2.34. The Morgan fingerprint density at radius 1 is 1.47 bits per heavy atom. The summed E-state index contributed by atoms with van der Waals surface area (Å²) in [6, 6.07) is 2.74. The zero-order valence-corrected chi connectivity index (χ0v) is 10.6. The number of aliphatic hydroxyl groups excluding tert-OH is 1. The van der Waals surface area contributed by atoms with E-state index < -0.39 is 12.1 Å². The van der Waals surface area contributed by atoms with Crippen molar-refractivity contribution in [3.05, 3.63) is 29.6 Å². The van der Waals surface area contributed by atoms with E-state index in [1.165, 1.54) is 18.3 Å². The molecule has 2 rings (SSSR count). The first-order valence-corrected chi connectivity index (χ1v) is 6.15. The molecule has 1 aliphatic rings. The molecule has 6 heteroatoms. The van der Waals surface area contributed by atoms with Crippen LogP contribution in [0.2, 0.25) is 0 Å². The molecule has 1 aliphatic heterocycles. The largest absolute Gasteiger partial charge is 0.477 e. The summed E-state index contributed by atoms with van der Waals surface area (Å²) in [7, 11) is 0. The molecule has 0 radical (unpaired) electrons. The Bertz CT molecular complexity index is 503. The zero-order valence-electron chi connectivity index (χ0n) is 10.6. The van der Waals surface area contributed by atoms with Crippen LogP contribution in [-0.2, 0) is 0 Å². The van der Waals surface area contributed by atoms with Gasteiger partial charge in [-0.15, -0.1) is 0 Å². The molecule has 102 valence electrons. The number of hydrogen-bond acceptors (Lipinski definition) is 4. The van der Waals surface area contributed by atoms with Gasteiger partial charge in [0, 0.05) is 24.8 Å². The molecule has 2 N–H and O–H groups in total. The molecular formula is C13H16N2O4. The second-order valence-electron chi connectivity index (χ2n) is 4.82. The first kappa shape index (κ1) is 13.5. The van der Waals surface area contributed by atoms with Crippen LogP contribution in [0.3, 0.4) is 0 Å². The van der Waals surface area contributed by atoms with Crippen molar-refractivity contribution < 1.29 is 19.8 Å². The summed E-state index contributed by atoms with van der Waals surface area (Å²) in [5.41, 5.74) is 0.130. The highest BCUT2D eigenvalue weighted by molar-refractivity contribution is 5.96. The van der Waals surface area contributed by atoms with Crippen LogP contribution in [0.5, 0.6) is 0 Å². The van der Waals surface area contributed by atoms with Crippen molar-refractivity contribution in [2.24, 2.45) is 5.92 Å². The van der Waals surface area contributed by atoms with Gasteiger partial charge in [-0.3, -0.25) is 4.79 Å². The summed E-state index contributed by atoms with van der Waals surface area (Å²) in [5.74, 6) is -1.26. The summed E-state index contributed by atoms with van der Waals surface area (Å²) < 4.78 is 0. The molecule has 1 aromatic rings. The minimum atomic E-state index is -1.16. The lowest BCUT2D eigenvalue weighted by atomic mass is 9.95. The van der Waals surface area contributed by atoms with Crippen LogP contribution in [0.15, 0.2) is 18.3 Å². The number of likely N-dealkylation sites (tertiary alicyclic amines) is 1. The summed E-state index contributed by atoms with van der Waals surface area (Å²) in [6.07, 6.45) is 1.52. The van der Waals surface area contributed by atoms with Gasteiger partial charge < -0.3 is 15.1 Å². The van der Waals surface area contributed by atoms with Crippen LogP contribution in [0.25, 0.3) is 0 Å². The van der Waals surface area contributed by atoms with Gasteiger partial charge in [0.15, 0.2) is 0 Å². The van der Waals surface area contributed by atoms with E-state index in [1.807, 2.05) is 6.92 Å². The molecule has 0 bridgehead atoms. The van der Waals surface area contributed by atoms with Gasteiger partial charge in [0.2, 0.25) is 0 Å². The van der Waals surface area contributed by atoms with Gasteiger partial charge in [0.05, 0.1) is 6.10 Å². The number of carbonyl (C=O) groups excluding carboxylic acids is 1. The quantitative estimate of drug-likeness (QED) is 0.817. The fourth-order valence-electron chi connectivity index (χ4n) is 2.10. The van der Waals surface area contributed by atoms with E-state index in [1.54, 1.807) is 4.90 Å². The van der Waals surface area contributed by atoms with Crippen LogP contribution in [0.1, 0.15) is 34.2 Å². The second-order valence-corrected chi connectivity index (χ2v) is 4.82. The van der Waals surface area contributed by atoms with Crippen molar-refractivity contribution >= 4 is 11.9 Å². The number of aromatic carboxylic acids is 1. The summed E-state index contributed by atoms with van der Waals surface area (Å²) in [5, 5.41) is 18.6. The average molecular weight is 264 g/mol. The van der Waals surface area contributed by atoms with Gasteiger partial charge in [-0.05, 0) is 24.5 Å². The molecule has 1 aromatic heterocycles. The Balaban J connectivity index is 2.16. The van der Waals surface area contributed by atoms with Gasteiger partial charge in [-0.25, -0.2) is 9.78 Å². The van der Waals surface area contributed by atoms with Crippen molar-refractivity contribution in [3.8, 4) is 0 Å². The summed E-state index contributed by atoms with van der Waals surface area (Å²) in [4.78, 5) is 28.3. The number of pyridine rings is 1. The Labute approximate surface area is 110 Å². The second kappa shape index (κ2) is 5.36. The summed E-state index contributed by atoms with van der Waals surface area (Å²) in [6.45, 7) is 2.80. The SMILES string of the molecule is CC1CCN(C(=O)c2ccnc(C(=O)O)c2)CC1O. The number of aliphatic hydroxyl groups is 1. The molecule has 0 saturated carbocycles. The van der Waals surface area contributed by atoms with E-state index in [2.05, 4.69) is 4.98 Å². The van der Waals surface area contributed by atoms with Crippen LogP contribution >= 0.6 is 0 Å². The number of hydrogen-bond donors (Lipinski definition) is 2. The lowest BCUT2D eigenvalue weighted by molar-refractivity contribution is 0.0248. The van der Waals surface area contributed by atoms with Crippen molar-refractivity contribution in [1.82, 2.24) is 9.88 Å². The Hall–Kier alpha value is -1.95. The molecule has 1 saturated heterocycles. The number of piperidine rings is 1. The highest BCUT2D eigenvalue weighted by Gasteiger charge is 2.28. The number of carboxylic acids is 1. The minimum absolute atomic E-state index is 0.156. The van der Waals surface area contributed by atoms with Crippen molar-refractivity contribution in [3.63, 3.8) is 0 Å². The number of amides is 1. The molecule has 19 heavy (non-hydrogen) atoms. The third kappa shape index (κ3) is 2.90. The normalized spacial score (nSPS) is 23.2. The van der Waals surface area contributed by atoms with Crippen molar-refractivity contribution in [2.75, 3.05) is 13.1 Å². The van der Waals surface area contributed by atoms with Crippen LogP contribution < -0.4 is 0 Å². The van der Waals surface area contributed by atoms with E-state index in [0.717, 1.165) is 6.42 Å². The molecule has 2 atom stereocenters. The number of nitrogens with zero attached hydrogens (tertiary/aromatic N) is 2. The van der Waals surface area contributed by atoms with Gasteiger partial charge in [-0.1, -0.05) is 6.92 Å². The molecule has 1 amide bonds. The summed E-state index contributed by atoms with van der Waals surface area (Å²) >= 11 is 0. The maximum Gasteiger partial charge on any atom is 0.354 e.